The van der Waals surface area contributed by atoms with Crippen molar-refractivity contribution in [2.24, 2.45) is 5.73 Å². The molecule has 0 atom stereocenters. The van der Waals surface area contributed by atoms with Gasteiger partial charge in [0.1, 0.15) is 0 Å². The van der Waals surface area contributed by atoms with E-state index in [1.165, 1.54) is 0 Å². The molecule has 15 heavy (non-hydrogen) atoms. The first-order chi connectivity index (χ1) is 7.11. The number of nitrogens with two attached hydrogens (primary N) is 1. The van der Waals surface area contributed by atoms with Crippen LogP contribution < -0.4 is 5.73 Å². The van der Waals surface area contributed by atoms with E-state index in [1.807, 2.05) is 0 Å². The third kappa shape index (κ3) is 2.52. The van der Waals surface area contributed by atoms with Crippen LogP contribution in [0.1, 0.15) is 39.5 Å². The van der Waals surface area contributed by atoms with Crippen molar-refractivity contribution in [1.29, 1.82) is 0 Å². The summed E-state index contributed by atoms with van der Waals surface area (Å²) in [5.74, 6) is 0. The molecule has 1 saturated carbocycles. The number of hydrogen-bond donors (Lipinski definition) is 1. The van der Waals surface area contributed by atoms with Crippen LogP contribution in [0.25, 0.3) is 0 Å². The maximum Gasteiger partial charge on any atom is 0.0810 e. The lowest BCUT2D eigenvalue weighted by atomic mass is 9.81. The van der Waals surface area contributed by atoms with Crippen molar-refractivity contribution in [2.75, 3.05) is 19.7 Å². The molecular weight excluding hydrogens is 188 g/mol. The smallest absolute Gasteiger partial charge is 0.0810 e. The molecule has 2 N–H and O–H groups in total. The van der Waals surface area contributed by atoms with Crippen LogP contribution in [0, 0.1) is 0 Å². The summed E-state index contributed by atoms with van der Waals surface area (Å²) in [5.41, 5.74) is 6.09. The molecule has 0 aromatic rings. The zero-order valence-corrected chi connectivity index (χ0v) is 10.0. The van der Waals surface area contributed by atoms with Gasteiger partial charge in [0.15, 0.2) is 0 Å². The van der Waals surface area contributed by atoms with Gasteiger partial charge in [-0.2, -0.15) is 0 Å². The Morgan fingerprint density at radius 2 is 2.00 bits per heavy atom. The van der Waals surface area contributed by atoms with Crippen LogP contribution in [0.15, 0.2) is 0 Å². The van der Waals surface area contributed by atoms with Gasteiger partial charge in [-0.1, -0.05) is 0 Å². The van der Waals surface area contributed by atoms with E-state index in [0.717, 1.165) is 45.4 Å². The van der Waals surface area contributed by atoms with Crippen LogP contribution in [0.4, 0.5) is 0 Å². The molecule has 2 aliphatic rings. The molecule has 0 aromatic carbocycles. The SMILES string of the molecule is CC(C)N1CCOC2(CCC(N)CC2)C1. The van der Waals surface area contributed by atoms with Gasteiger partial charge in [0.05, 0.1) is 12.2 Å². The molecule has 1 aliphatic carbocycles. The van der Waals surface area contributed by atoms with E-state index < -0.39 is 0 Å². The summed E-state index contributed by atoms with van der Waals surface area (Å²) in [5, 5.41) is 0. The monoisotopic (exact) mass is 212 g/mol. The molecule has 2 rings (SSSR count). The van der Waals surface area contributed by atoms with Gasteiger partial charge in [-0.3, -0.25) is 4.90 Å². The van der Waals surface area contributed by atoms with Gasteiger partial charge in [-0.25, -0.2) is 0 Å². The standard InChI is InChI=1S/C12H24N2O/c1-10(2)14-7-8-15-12(9-14)5-3-11(13)4-6-12/h10-11H,3-9,13H2,1-2H3. The zero-order valence-electron chi connectivity index (χ0n) is 10.0. The lowest BCUT2D eigenvalue weighted by molar-refractivity contribution is -0.134. The van der Waals surface area contributed by atoms with E-state index in [4.69, 9.17) is 10.5 Å². The highest BCUT2D eigenvalue weighted by Gasteiger charge is 2.39. The number of nitrogens with zero attached hydrogens (tertiary/aromatic N) is 1. The highest BCUT2D eigenvalue weighted by atomic mass is 16.5. The predicted molar refractivity (Wildman–Crippen MR) is 61.8 cm³/mol. The molecule has 0 radical (unpaired) electrons. The van der Waals surface area contributed by atoms with Gasteiger partial charge >= 0.3 is 0 Å². The fourth-order valence-corrected chi connectivity index (χ4v) is 2.78. The predicted octanol–water partition coefficient (Wildman–Crippen LogP) is 1.37. The fourth-order valence-electron chi connectivity index (χ4n) is 2.78. The normalized spacial score (nSPS) is 38.8. The van der Waals surface area contributed by atoms with E-state index in [1.54, 1.807) is 0 Å². The second-order valence-electron chi connectivity index (χ2n) is 5.43. The number of rotatable bonds is 1. The lowest BCUT2D eigenvalue weighted by Gasteiger charge is -2.47. The molecule has 3 heteroatoms. The molecule has 3 nitrogen and oxygen atoms in total. The minimum atomic E-state index is 0.137. The van der Waals surface area contributed by atoms with Crippen molar-refractivity contribution in [3.63, 3.8) is 0 Å². The van der Waals surface area contributed by atoms with E-state index in [-0.39, 0.29) is 5.60 Å². The summed E-state index contributed by atoms with van der Waals surface area (Å²) in [6.45, 7) is 7.64. The molecule has 1 spiro atoms. The summed E-state index contributed by atoms with van der Waals surface area (Å²) in [6.07, 6.45) is 4.56. The van der Waals surface area contributed by atoms with Crippen LogP contribution >= 0.6 is 0 Å². The van der Waals surface area contributed by atoms with E-state index in [0.29, 0.717) is 12.1 Å². The summed E-state index contributed by atoms with van der Waals surface area (Å²) < 4.78 is 6.04. The third-order valence-electron chi connectivity index (χ3n) is 3.95. The highest BCUT2D eigenvalue weighted by Crippen LogP contribution is 2.34. The summed E-state index contributed by atoms with van der Waals surface area (Å²) >= 11 is 0. The minimum absolute atomic E-state index is 0.137. The molecule has 0 bridgehead atoms. The Kier molecular flexibility index (Phi) is 3.33. The van der Waals surface area contributed by atoms with Crippen LogP contribution in [0.3, 0.4) is 0 Å². The van der Waals surface area contributed by atoms with E-state index in [2.05, 4.69) is 18.7 Å². The molecule has 1 saturated heterocycles. The summed E-state index contributed by atoms with van der Waals surface area (Å²) in [4.78, 5) is 2.54. The van der Waals surface area contributed by atoms with Crippen LogP contribution in [0.2, 0.25) is 0 Å². The Balaban J connectivity index is 1.96. The highest BCUT2D eigenvalue weighted by molar-refractivity contribution is 4.93. The average molecular weight is 212 g/mol. The van der Waals surface area contributed by atoms with Crippen LogP contribution in [0.5, 0.6) is 0 Å². The summed E-state index contributed by atoms with van der Waals surface area (Å²) in [6, 6.07) is 1.05. The Labute approximate surface area is 93.0 Å². The minimum Gasteiger partial charge on any atom is -0.372 e. The van der Waals surface area contributed by atoms with Gasteiger partial charge in [0.2, 0.25) is 0 Å². The molecule has 0 amide bonds. The van der Waals surface area contributed by atoms with Crippen LogP contribution in [-0.2, 0) is 4.74 Å². The van der Waals surface area contributed by atoms with Crippen molar-refractivity contribution in [1.82, 2.24) is 4.90 Å². The third-order valence-corrected chi connectivity index (χ3v) is 3.95. The average Bonchev–Trinajstić information content (AvgIpc) is 2.23. The number of morpholine rings is 1. The molecule has 1 aliphatic heterocycles. The molecule has 2 fully saturated rings. The molecule has 1 heterocycles. The number of ether oxygens (including phenoxy) is 1. The van der Waals surface area contributed by atoms with Crippen molar-refractivity contribution in [3.05, 3.63) is 0 Å². The molecular formula is C12H24N2O. The lowest BCUT2D eigenvalue weighted by Crippen LogP contribution is -2.56. The van der Waals surface area contributed by atoms with E-state index in [9.17, 15) is 0 Å². The van der Waals surface area contributed by atoms with Crippen LogP contribution in [-0.4, -0.2) is 42.3 Å². The van der Waals surface area contributed by atoms with Gasteiger partial charge in [0, 0.05) is 25.2 Å². The van der Waals surface area contributed by atoms with Crippen molar-refractivity contribution in [3.8, 4) is 0 Å². The second-order valence-corrected chi connectivity index (χ2v) is 5.43. The number of hydrogen-bond acceptors (Lipinski definition) is 3. The van der Waals surface area contributed by atoms with Crippen molar-refractivity contribution in [2.45, 2.75) is 57.2 Å². The zero-order chi connectivity index (χ0) is 10.9. The summed E-state index contributed by atoms with van der Waals surface area (Å²) in [7, 11) is 0. The first-order valence-corrected chi connectivity index (χ1v) is 6.25. The van der Waals surface area contributed by atoms with Crippen molar-refractivity contribution < 1.29 is 4.74 Å². The first kappa shape index (κ1) is 11.4. The van der Waals surface area contributed by atoms with Gasteiger partial charge in [-0.05, 0) is 39.5 Å². The first-order valence-electron chi connectivity index (χ1n) is 6.25. The molecule has 0 aromatic heterocycles. The Morgan fingerprint density at radius 3 is 2.60 bits per heavy atom. The topological polar surface area (TPSA) is 38.5 Å². The molecule has 0 unspecified atom stereocenters. The fraction of sp³-hybridized carbons (Fsp3) is 1.00. The largest absolute Gasteiger partial charge is 0.372 e. The van der Waals surface area contributed by atoms with Gasteiger partial charge in [0.25, 0.3) is 0 Å². The van der Waals surface area contributed by atoms with E-state index >= 15 is 0 Å². The van der Waals surface area contributed by atoms with Crippen molar-refractivity contribution >= 4 is 0 Å². The Bertz CT molecular complexity index is 210. The van der Waals surface area contributed by atoms with Gasteiger partial charge < -0.3 is 10.5 Å². The molecule has 88 valence electrons. The Morgan fingerprint density at radius 1 is 1.33 bits per heavy atom. The quantitative estimate of drug-likeness (QED) is 0.713. The second kappa shape index (κ2) is 4.40. The maximum atomic E-state index is 6.04. The Hall–Kier alpha value is -0.120. The van der Waals surface area contributed by atoms with Gasteiger partial charge in [-0.15, -0.1) is 0 Å². The maximum absolute atomic E-state index is 6.04.